The van der Waals surface area contributed by atoms with Crippen LogP contribution in [0.4, 0.5) is 5.82 Å². The molecular weight excluding hydrogens is 250 g/mol. The number of aliphatic hydroxyl groups is 2. The Morgan fingerprint density at radius 1 is 1.74 bits per heavy atom. The van der Waals surface area contributed by atoms with E-state index < -0.39 is 36.1 Å². The third kappa shape index (κ3) is 2.10. The Morgan fingerprint density at radius 3 is 2.95 bits per heavy atom. The smallest absolute Gasteiger partial charge is 0.351 e. The molecule has 0 radical (unpaired) electrons. The molecule has 0 spiro atoms. The van der Waals surface area contributed by atoms with Crippen molar-refractivity contribution in [2.45, 2.75) is 24.9 Å². The monoisotopic (exact) mass is 265 g/mol. The van der Waals surface area contributed by atoms with Crippen LogP contribution in [0.15, 0.2) is 17.1 Å². The SMILES string of the molecule is C#C[C@@H]1[C@H](n2ccc(N)nc2=O)O[C@](C)(CO)[C@H]1O. The summed E-state index contributed by atoms with van der Waals surface area (Å²) in [6, 6.07) is 1.43. The number of aliphatic hydroxyl groups excluding tert-OH is 2. The molecule has 0 aromatic carbocycles. The average Bonchev–Trinajstić information content (AvgIpc) is 2.62. The molecule has 4 atom stereocenters. The summed E-state index contributed by atoms with van der Waals surface area (Å²) < 4.78 is 6.72. The van der Waals surface area contributed by atoms with Gasteiger partial charge in [0, 0.05) is 6.20 Å². The second kappa shape index (κ2) is 4.66. The predicted octanol–water partition coefficient (Wildman–Crippen LogP) is -1.28. The molecule has 2 heterocycles. The van der Waals surface area contributed by atoms with Crippen molar-refractivity contribution in [2.75, 3.05) is 12.3 Å². The molecule has 1 saturated heterocycles. The van der Waals surface area contributed by atoms with Gasteiger partial charge in [-0.3, -0.25) is 4.57 Å². The standard InChI is InChI=1S/C12H15N3O4/c1-3-7-9(17)12(2,6-16)19-10(7)15-5-4-8(13)14-11(15)18/h1,4-5,7,9-10,16-17H,6H2,2H3,(H2,13,14,18)/t7-,9-,10+,12+/m0/s1. The number of nitrogen functional groups attached to an aromatic ring is 1. The minimum Gasteiger partial charge on any atom is -0.393 e. The Balaban J connectivity index is 2.45. The molecule has 19 heavy (non-hydrogen) atoms. The van der Waals surface area contributed by atoms with E-state index in [1.807, 2.05) is 0 Å². The van der Waals surface area contributed by atoms with Gasteiger partial charge in [0.25, 0.3) is 0 Å². The van der Waals surface area contributed by atoms with Gasteiger partial charge in [0.05, 0.1) is 12.5 Å². The first-order valence-corrected chi connectivity index (χ1v) is 5.70. The molecule has 1 aliphatic rings. The average molecular weight is 265 g/mol. The van der Waals surface area contributed by atoms with Crippen molar-refractivity contribution in [3.8, 4) is 12.3 Å². The second-order valence-electron chi connectivity index (χ2n) is 4.66. The van der Waals surface area contributed by atoms with Crippen LogP contribution in [0, 0.1) is 18.3 Å². The highest BCUT2D eigenvalue weighted by molar-refractivity contribution is 5.24. The third-order valence-electron chi connectivity index (χ3n) is 3.30. The number of nitrogens with two attached hydrogens (primary N) is 1. The van der Waals surface area contributed by atoms with Crippen molar-refractivity contribution in [3.63, 3.8) is 0 Å². The van der Waals surface area contributed by atoms with Gasteiger partial charge in [-0.25, -0.2) is 4.79 Å². The Bertz CT molecular complexity index is 579. The zero-order chi connectivity index (χ0) is 14.2. The minimum absolute atomic E-state index is 0.0852. The van der Waals surface area contributed by atoms with E-state index in [-0.39, 0.29) is 5.82 Å². The molecule has 1 aromatic heterocycles. The summed E-state index contributed by atoms with van der Waals surface area (Å²) in [7, 11) is 0. The molecule has 0 bridgehead atoms. The molecule has 0 amide bonds. The van der Waals surface area contributed by atoms with Gasteiger partial charge < -0.3 is 20.7 Å². The number of ether oxygens (including phenoxy) is 1. The fourth-order valence-corrected chi connectivity index (χ4v) is 2.11. The van der Waals surface area contributed by atoms with Crippen LogP contribution in [0.2, 0.25) is 0 Å². The summed E-state index contributed by atoms with van der Waals surface area (Å²) in [5, 5.41) is 19.4. The third-order valence-corrected chi connectivity index (χ3v) is 3.30. The fourth-order valence-electron chi connectivity index (χ4n) is 2.11. The molecule has 102 valence electrons. The summed E-state index contributed by atoms with van der Waals surface area (Å²) in [5.74, 6) is 1.71. The van der Waals surface area contributed by atoms with E-state index in [1.54, 1.807) is 0 Å². The Hall–Kier alpha value is -1.88. The van der Waals surface area contributed by atoms with Gasteiger partial charge in [-0.2, -0.15) is 4.98 Å². The molecular formula is C12H15N3O4. The maximum absolute atomic E-state index is 11.8. The van der Waals surface area contributed by atoms with Crippen molar-refractivity contribution in [2.24, 2.45) is 5.92 Å². The lowest BCUT2D eigenvalue weighted by molar-refractivity contribution is -0.117. The number of aromatic nitrogens is 2. The van der Waals surface area contributed by atoms with E-state index in [4.69, 9.17) is 16.9 Å². The van der Waals surface area contributed by atoms with Gasteiger partial charge in [0.15, 0.2) is 6.23 Å². The quantitative estimate of drug-likeness (QED) is 0.574. The Labute approximate surface area is 109 Å². The van der Waals surface area contributed by atoms with Gasteiger partial charge in [-0.1, -0.05) is 5.92 Å². The van der Waals surface area contributed by atoms with Gasteiger partial charge in [-0.15, -0.1) is 6.42 Å². The van der Waals surface area contributed by atoms with Gasteiger partial charge >= 0.3 is 5.69 Å². The van der Waals surface area contributed by atoms with Gasteiger partial charge in [0.1, 0.15) is 17.5 Å². The van der Waals surface area contributed by atoms with Gasteiger partial charge in [0.2, 0.25) is 0 Å². The lowest BCUT2D eigenvalue weighted by Crippen LogP contribution is -2.41. The molecule has 1 aromatic rings. The highest BCUT2D eigenvalue weighted by Gasteiger charge is 2.51. The highest BCUT2D eigenvalue weighted by Crippen LogP contribution is 2.40. The van der Waals surface area contributed by atoms with Gasteiger partial charge in [-0.05, 0) is 13.0 Å². The molecule has 2 rings (SSSR count). The summed E-state index contributed by atoms with van der Waals surface area (Å²) in [4.78, 5) is 15.4. The lowest BCUT2D eigenvalue weighted by Gasteiger charge is -2.24. The van der Waals surface area contributed by atoms with Crippen LogP contribution >= 0.6 is 0 Å². The van der Waals surface area contributed by atoms with Crippen LogP contribution in [0.25, 0.3) is 0 Å². The van der Waals surface area contributed by atoms with Crippen LogP contribution in [0.5, 0.6) is 0 Å². The molecule has 0 aliphatic carbocycles. The molecule has 7 nitrogen and oxygen atoms in total. The number of nitrogens with zero attached hydrogens (tertiary/aromatic N) is 2. The molecule has 4 N–H and O–H groups in total. The van der Waals surface area contributed by atoms with Crippen molar-refractivity contribution >= 4 is 5.82 Å². The van der Waals surface area contributed by atoms with E-state index >= 15 is 0 Å². The van der Waals surface area contributed by atoms with Crippen molar-refractivity contribution in [1.82, 2.24) is 9.55 Å². The first-order valence-electron chi connectivity index (χ1n) is 5.70. The first-order chi connectivity index (χ1) is 8.92. The fraction of sp³-hybridized carbons (Fsp3) is 0.500. The zero-order valence-electron chi connectivity index (χ0n) is 10.4. The van der Waals surface area contributed by atoms with Crippen LogP contribution in [0.1, 0.15) is 13.2 Å². The molecule has 1 aliphatic heterocycles. The van der Waals surface area contributed by atoms with E-state index in [9.17, 15) is 15.0 Å². The summed E-state index contributed by atoms with van der Waals surface area (Å²) in [6.07, 6.45) is 4.80. The predicted molar refractivity (Wildman–Crippen MR) is 66.9 cm³/mol. The largest absolute Gasteiger partial charge is 0.393 e. The normalized spacial score (nSPS) is 34.1. The van der Waals surface area contributed by atoms with E-state index in [1.165, 1.54) is 19.2 Å². The molecule has 1 fully saturated rings. The lowest BCUT2D eigenvalue weighted by atomic mass is 9.92. The zero-order valence-corrected chi connectivity index (χ0v) is 10.4. The first kappa shape index (κ1) is 13.5. The maximum Gasteiger partial charge on any atom is 0.351 e. The Kier molecular flexibility index (Phi) is 3.32. The van der Waals surface area contributed by atoms with Crippen LogP contribution < -0.4 is 11.4 Å². The van der Waals surface area contributed by atoms with Crippen molar-refractivity contribution in [1.29, 1.82) is 0 Å². The summed E-state index contributed by atoms with van der Waals surface area (Å²) in [6.45, 7) is 1.11. The number of hydrogen-bond acceptors (Lipinski definition) is 6. The number of terminal acetylenes is 1. The minimum atomic E-state index is -1.22. The number of hydrogen-bond donors (Lipinski definition) is 3. The molecule has 0 unspecified atom stereocenters. The van der Waals surface area contributed by atoms with Crippen LogP contribution in [-0.2, 0) is 4.74 Å². The number of anilines is 1. The Morgan fingerprint density at radius 2 is 2.42 bits per heavy atom. The van der Waals surface area contributed by atoms with E-state index in [0.717, 1.165) is 4.57 Å². The number of rotatable bonds is 2. The summed E-state index contributed by atoms with van der Waals surface area (Å²) >= 11 is 0. The highest BCUT2D eigenvalue weighted by atomic mass is 16.6. The van der Waals surface area contributed by atoms with Crippen LogP contribution in [0.3, 0.4) is 0 Å². The molecule has 7 heteroatoms. The van der Waals surface area contributed by atoms with Crippen molar-refractivity contribution in [3.05, 3.63) is 22.7 Å². The summed E-state index contributed by atoms with van der Waals surface area (Å²) in [5.41, 5.74) is 3.56. The van der Waals surface area contributed by atoms with Crippen molar-refractivity contribution < 1.29 is 14.9 Å². The van der Waals surface area contributed by atoms with E-state index in [2.05, 4.69) is 10.9 Å². The molecule has 0 saturated carbocycles. The maximum atomic E-state index is 11.8. The van der Waals surface area contributed by atoms with Crippen LogP contribution in [-0.4, -0.2) is 38.1 Å². The van der Waals surface area contributed by atoms with E-state index in [0.29, 0.717) is 0 Å². The topological polar surface area (TPSA) is 111 Å². The second-order valence-corrected chi connectivity index (χ2v) is 4.66.